The molecule has 4 heterocycles. The van der Waals surface area contributed by atoms with Crippen LogP contribution in [0.15, 0.2) is 22.6 Å². The number of β-lactam (4-membered cyclic amide) rings is 1. The van der Waals surface area contributed by atoms with Gasteiger partial charge in [-0.1, -0.05) is 5.16 Å². The number of carbonyl (C=O) groups is 4. The van der Waals surface area contributed by atoms with Crippen LogP contribution in [0.25, 0.3) is 0 Å². The Morgan fingerprint density at radius 2 is 2.02 bits per heavy atom. The molecule has 1 fully saturated rings. The summed E-state index contributed by atoms with van der Waals surface area (Å²) in [6, 6.07) is -1.19. The van der Waals surface area contributed by atoms with E-state index in [0.717, 1.165) is 16.4 Å². The van der Waals surface area contributed by atoms with Crippen LogP contribution in [-0.4, -0.2) is 112 Å². The number of nitrogens with zero attached hydrogens (tertiary/aromatic N) is 7. The summed E-state index contributed by atoms with van der Waals surface area (Å²) in [5, 5.41) is 42.6. The van der Waals surface area contributed by atoms with Crippen LogP contribution >= 0.6 is 23.3 Å². The van der Waals surface area contributed by atoms with Crippen LogP contribution in [0.3, 0.4) is 0 Å². The minimum atomic E-state index is -1.83. The number of aliphatic carboxylic acids is 2. The lowest BCUT2D eigenvalue weighted by Gasteiger charge is -2.49. The zero-order valence-corrected chi connectivity index (χ0v) is 27.5. The number of nitrogens with one attached hydrogen (secondary N) is 2. The molecule has 0 spiro atoms. The zero-order valence-electron chi connectivity index (χ0n) is 25.8. The Labute approximate surface area is 280 Å². The summed E-state index contributed by atoms with van der Waals surface area (Å²) in [7, 11) is 0. The average Bonchev–Trinajstić information content (AvgIpc) is 3.58. The minimum absolute atomic E-state index is 0.0121. The second kappa shape index (κ2) is 14.4. The molecule has 1 saturated heterocycles. The summed E-state index contributed by atoms with van der Waals surface area (Å²) >= 11 is 1.94. The third-order valence-corrected chi connectivity index (χ3v) is 9.12. The average molecular weight is 711 g/mol. The molecular weight excluding hydrogens is 674 g/mol. The molecule has 0 bridgehead atoms. The van der Waals surface area contributed by atoms with Crippen LogP contribution in [0.4, 0.5) is 16.6 Å². The highest BCUT2D eigenvalue weighted by molar-refractivity contribution is 8.00. The molecule has 0 saturated carbocycles. The largest absolute Gasteiger partial charge is 0.478 e. The van der Waals surface area contributed by atoms with Crippen molar-refractivity contribution >= 4 is 75.4 Å². The van der Waals surface area contributed by atoms with Crippen molar-refractivity contribution in [2.24, 2.45) is 16.6 Å². The van der Waals surface area contributed by atoms with E-state index in [1.165, 1.54) is 35.2 Å². The third kappa shape index (κ3) is 7.12. The van der Waals surface area contributed by atoms with Crippen molar-refractivity contribution in [3.8, 4) is 0 Å². The van der Waals surface area contributed by atoms with Crippen LogP contribution in [0.5, 0.6) is 0 Å². The molecular formula is C25H36N13O8S2+. The van der Waals surface area contributed by atoms with Crippen molar-refractivity contribution in [1.29, 1.82) is 5.41 Å². The molecule has 23 heteroatoms. The molecule has 0 aromatic carbocycles. The normalized spacial score (nSPS) is 17.9. The van der Waals surface area contributed by atoms with Gasteiger partial charge >= 0.3 is 11.9 Å². The van der Waals surface area contributed by atoms with Gasteiger partial charge in [0.2, 0.25) is 23.3 Å². The van der Waals surface area contributed by atoms with Gasteiger partial charge in [-0.25, -0.2) is 9.59 Å². The van der Waals surface area contributed by atoms with Gasteiger partial charge in [-0.3, -0.25) is 19.9 Å². The molecule has 2 aromatic rings. The summed E-state index contributed by atoms with van der Waals surface area (Å²) in [4.78, 5) is 62.2. The zero-order chi connectivity index (χ0) is 35.5. The topological polar surface area (TPSA) is 332 Å². The number of rotatable bonds is 15. The van der Waals surface area contributed by atoms with E-state index in [4.69, 9.17) is 33.2 Å². The van der Waals surface area contributed by atoms with E-state index in [2.05, 4.69) is 19.8 Å². The van der Waals surface area contributed by atoms with Gasteiger partial charge in [-0.2, -0.15) is 9.36 Å². The first-order chi connectivity index (χ1) is 22.6. The Hall–Kier alpha value is -5.00. The number of carbonyl (C=O) groups excluding carboxylic acids is 2. The first-order valence-corrected chi connectivity index (χ1v) is 16.1. The van der Waals surface area contributed by atoms with Crippen molar-refractivity contribution < 1.29 is 44.0 Å². The summed E-state index contributed by atoms with van der Waals surface area (Å²) < 4.78 is 7.00. The number of aliphatic hydroxyl groups excluding tert-OH is 1. The number of anilines is 3. The molecule has 2 atom stereocenters. The molecule has 48 heavy (non-hydrogen) atoms. The number of hydrogen-bond donors (Lipinski definition) is 9. The van der Waals surface area contributed by atoms with E-state index in [0.29, 0.717) is 24.2 Å². The van der Waals surface area contributed by atoms with E-state index in [1.54, 1.807) is 10.9 Å². The molecule has 2 aromatic heterocycles. The molecule has 0 aliphatic carbocycles. The SMILES string of the molecule is CC(C)(ON=C(C(=O)N[C@@H]1C(=O)N2C(C(=O)O)=C(C[n+]3cc(N(CCCN)C(=N)N)c(N)n3CCO)CS[C@H]12)c1nsc(N)n1)C(=O)O. The Morgan fingerprint density at radius 3 is 2.58 bits per heavy atom. The number of nitrogen functional groups attached to an aromatic ring is 2. The Balaban J connectivity index is 1.61. The Bertz CT molecular complexity index is 1690. The molecule has 13 N–H and O–H groups in total. The van der Waals surface area contributed by atoms with Crippen molar-refractivity contribution in [3.63, 3.8) is 0 Å². The van der Waals surface area contributed by atoms with Gasteiger partial charge in [0.15, 0.2) is 29.1 Å². The second-order valence-corrected chi connectivity index (χ2v) is 12.8. The van der Waals surface area contributed by atoms with Crippen LogP contribution < -0.4 is 37.8 Å². The summed E-state index contributed by atoms with van der Waals surface area (Å²) in [5.41, 5.74) is 21.5. The number of aliphatic hydroxyl groups is 1. The van der Waals surface area contributed by atoms with Gasteiger partial charge in [0.25, 0.3) is 11.8 Å². The van der Waals surface area contributed by atoms with Crippen molar-refractivity contribution in [3.05, 3.63) is 23.3 Å². The number of guanidine groups is 1. The molecule has 2 aliphatic heterocycles. The number of oxime groups is 1. The van der Waals surface area contributed by atoms with Crippen LogP contribution in [0, 0.1) is 5.41 Å². The number of amides is 2. The molecule has 0 radical (unpaired) electrons. The quantitative estimate of drug-likeness (QED) is 0.0290. The lowest BCUT2D eigenvalue weighted by atomic mass is 10.0. The van der Waals surface area contributed by atoms with E-state index >= 15 is 0 Å². The molecule has 2 amide bonds. The van der Waals surface area contributed by atoms with Gasteiger partial charge in [0.05, 0.1) is 6.61 Å². The van der Waals surface area contributed by atoms with E-state index in [1.807, 2.05) is 0 Å². The molecule has 21 nitrogen and oxygen atoms in total. The van der Waals surface area contributed by atoms with Gasteiger partial charge in [-0.15, -0.1) is 21.1 Å². The maximum absolute atomic E-state index is 13.4. The van der Waals surface area contributed by atoms with Gasteiger partial charge in [0, 0.05) is 29.4 Å². The van der Waals surface area contributed by atoms with Gasteiger partial charge < -0.3 is 53.3 Å². The van der Waals surface area contributed by atoms with Crippen LogP contribution in [0.1, 0.15) is 26.1 Å². The second-order valence-electron chi connectivity index (χ2n) is 10.9. The van der Waals surface area contributed by atoms with Crippen molar-refractivity contribution in [2.75, 3.05) is 41.8 Å². The Morgan fingerprint density at radius 1 is 1.31 bits per heavy atom. The van der Waals surface area contributed by atoms with E-state index in [-0.39, 0.29) is 60.4 Å². The van der Waals surface area contributed by atoms with Gasteiger partial charge in [-0.05, 0) is 26.8 Å². The summed E-state index contributed by atoms with van der Waals surface area (Å²) in [6.45, 7) is 2.71. The number of carboxylic acid groups (broad SMARTS) is 2. The van der Waals surface area contributed by atoms with Crippen molar-refractivity contribution in [2.45, 2.75) is 50.4 Å². The fourth-order valence-corrected chi connectivity index (χ4v) is 6.54. The fourth-order valence-electron chi connectivity index (χ4n) is 4.77. The van der Waals surface area contributed by atoms with Crippen molar-refractivity contribution in [1.82, 2.24) is 24.3 Å². The predicted molar refractivity (Wildman–Crippen MR) is 172 cm³/mol. The number of carboxylic acids is 2. The maximum Gasteiger partial charge on any atom is 0.352 e. The lowest BCUT2D eigenvalue weighted by molar-refractivity contribution is -0.767. The number of thioether (sulfide) groups is 1. The highest BCUT2D eigenvalue weighted by atomic mass is 32.2. The Kier molecular flexibility index (Phi) is 10.8. The lowest BCUT2D eigenvalue weighted by Crippen LogP contribution is -2.71. The standard InChI is InChI=1S/C25H35N13O8S2/c1-25(2,22(44)45)46-33-13(17-32-24(30)48-34-17)18(40)31-14-19(41)38-15(21(42)43)11(10-47-20(14)38)8-35-9-12(16(27)37(35)6-7-39)36(23(28)29)5-3-4-26/h9,14,20,27,39H,3-8,10,26H2,1-2H3,(H8,28,29,30,31,32,34,40,42,43,44,45)/p+1/t14-,20-/m1/s1. The maximum atomic E-state index is 13.4. The van der Waals surface area contributed by atoms with Crippen LogP contribution in [0.2, 0.25) is 0 Å². The molecule has 260 valence electrons. The molecule has 2 aliphatic rings. The predicted octanol–water partition coefficient (Wildman–Crippen LogP) is -3.14. The summed E-state index contributed by atoms with van der Waals surface area (Å²) in [5.74, 6) is -4.72. The molecule has 0 unspecified atom stereocenters. The smallest absolute Gasteiger partial charge is 0.352 e. The van der Waals surface area contributed by atoms with E-state index < -0.39 is 46.5 Å². The highest BCUT2D eigenvalue weighted by Crippen LogP contribution is 2.40. The van der Waals surface area contributed by atoms with E-state index in [9.17, 15) is 34.5 Å². The van der Waals surface area contributed by atoms with Gasteiger partial charge in [0.1, 0.15) is 23.7 Å². The third-order valence-electron chi connectivity index (χ3n) is 7.24. The first-order valence-electron chi connectivity index (χ1n) is 14.2. The number of nitrogens with two attached hydrogens (primary N) is 4. The summed E-state index contributed by atoms with van der Waals surface area (Å²) in [6.07, 6.45) is 2.07. The minimum Gasteiger partial charge on any atom is -0.478 e. The van der Waals surface area contributed by atoms with Crippen LogP contribution in [-0.2, 0) is 37.1 Å². The number of hydrogen-bond acceptors (Lipinski definition) is 15. The molecule has 4 rings (SSSR count). The monoisotopic (exact) mass is 710 g/mol. The fraction of sp³-hybridized carbons (Fsp3) is 0.480. The first kappa shape index (κ1) is 35.8. The highest BCUT2D eigenvalue weighted by Gasteiger charge is 2.55. The number of aromatic nitrogens is 4. The number of fused-ring (bicyclic) bond motifs is 1.